The lowest BCUT2D eigenvalue weighted by molar-refractivity contribution is 0.344. The molecule has 0 radical (unpaired) electrons. The largest absolute Gasteiger partial charge is 0.368 e. The lowest BCUT2D eigenvalue weighted by Gasteiger charge is -2.24. The fourth-order valence-corrected chi connectivity index (χ4v) is 2.76. The topological polar surface area (TPSA) is 63.8 Å². The Kier molecular flexibility index (Phi) is 4.40. The molecule has 0 amide bonds. The molecule has 0 aliphatic heterocycles. The zero-order chi connectivity index (χ0) is 13.9. The van der Waals surface area contributed by atoms with Crippen molar-refractivity contribution in [2.45, 2.75) is 58.9 Å². The smallest absolute Gasteiger partial charge is 0.132 e. The number of nitrogens with zero attached hydrogens (tertiary/aromatic N) is 2. The second-order valence-corrected chi connectivity index (χ2v) is 6.76. The van der Waals surface area contributed by atoms with Crippen LogP contribution in [0.5, 0.6) is 0 Å². The lowest BCUT2D eigenvalue weighted by atomic mass is 9.88. The van der Waals surface area contributed by atoms with Gasteiger partial charge in [-0.2, -0.15) is 0 Å². The first-order valence-corrected chi connectivity index (χ1v) is 7.28. The normalized spacial score (nSPS) is 16.8. The van der Waals surface area contributed by atoms with Gasteiger partial charge in [-0.3, -0.25) is 0 Å². The molecule has 0 fully saturated rings. The van der Waals surface area contributed by atoms with Crippen molar-refractivity contribution in [2.24, 2.45) is 11.1 Å². The maximum atomic E-state index is 6.18. The minimum absolute atomic E-state index is 0.161. The van der Waals surface area contributed by atoms with Gasteiger partial charge in [-0.1, -0.05) is 20.8 Å². The Bertz CT molecular complexity index is 423. The Morgan fingerprint density at radius 2 is 2.00 bits per heavy atom. The van der Waals surface area contributed by atoms with E-state index >= 15 is 0 Å². The minimum Gasteiger partial charge on any atom is -0.368 e. The molecule has 1 aromatic rings. The van der Waals surface area contributed by atoms with Crippen LogP contribution < -0.4 is 11.1 Å². The van der Waals surface area contributed by atoms with Crippen LogP contribution in [0, 0.1) is 5.41 Å². The van der Waals surface area contributed by atoms with Crippen LogP contribution in [-0.2, 0) is 12.8 Å². The molecule has 1 atom stereocenters. The van der Waals surface area contributed by atoms with Crippen LogP contribution in [0.15, 0.2) is 6.33 Å². The maximum Gasteiger partial charge on any atom is 0.132 e. The van der Waals surface area contributed by atoms with Gasteiger partial charge in [0.25, 0.3) is 0 Å². The number of hydrogen-bond donors (Lipinski definition) is 2. The van der Waals surface area contributed by atoms with Crippen molar-refractivity contribution in [3.8, 4) is 0 Å². The highest BCUT2D eigenvalue weighted by Crippen LogP contribution is 2.25. The Hall–Kier alpha value is -1.16. The maximum absolute atomic E-state index is 6.18. The number of hydrogen-bond acceptors (Lipinski definition) is 4. The predicted molar refractivity (Wildman–Crippen MR) is 79.2 cm³/mol. The predicted octanol–water partition coefficient (Wildman–Crippen LogP) is 2.53. The van der Waals surface area contributed by atoms with E-state index in [9.17, 15) is 0 Å². The van der Waals surface area contributed by atoms with Crippen LogP contribution in [0.3, 0.4) is 0 Å². The van der Waals surface area contributed by atoms with Crippen LogP contribution in [0.25, 0.3) is 0 Å². The van der Waals surface area contributed by atoms with E-state index < -0.39 is 0 Å². The molecule has 0 aromatic carbocycles. The van der Waals surface area contributed by atoms with E-state index in [0.717, 1.165) is 31.6 Å². The lowest BCUT2D eigenvalue weighted by Crippen LogP contribution is -2.33. The number of nitrogens with two attached hydrogens (primary N) is 1. The highest BCUT2D eigenvalue weighted by atomic mass is 15.0. The third kappa shape index (κ3) is 4.16. The van der Waals surface area contributed by atoms with Crippen molar-refractivity contribution in [2.75, 3.05) is 11.9 Å². The molecule has 1 heterocycles. The second-order valence-electron chi connectivity index (χ2n) is 6.76. The third-order valence-corrected chi connectivity index (χ3v) is 3.53. The average Bonchev–Trinajstić information content (AvgIpc) is 2.34. The molecular weight excluding hydrogens is 236 g/mol. The van der Waals surface area contributed by atoms with E-state index in [0.29, 0.717) is 0 Å². The molecule has 106 valence electrons. The molecule has 0 saturated heterocycles. The molecule has 4 nitrogen and oxygen atoms in total. The summed E-state index contributed by atoms with van der Waals surface area (Å²) in [5.41, 5.74) is 8.97. The zero-order valence-electron chi connectivity index (χ0n) is 12.4. The molecule has 0 bridgehead atoms. The van der Waals surface area contributed by atoms with Crippen LogP contribution in [0.2, 0.25) is 0 Å². The van der Waals surface area contributed by atoms with Crippen molar-refractivity contribution in [3.05, 3.63) is 17.6 Å². The Balaban J connectivity index is 1.96. The molecule has 3 N–H and O–H groups in total. The van der Waals surface area contributed by atoms with E-state index in [1.54, 1.807) is 6.33 Å². The number of fused-ring (bicyclic) bond motifs is 1. The van der Waals surface area contributed by atoms with E-state index in [4.69, 9.17) is 5.73 Å². The quantitative estimate of drug-likeness (QED) is 0.875. The SMILES string of the molecule is CC(C)(C)CC(N)CNc1ncnc2c1CCCC2. The van der Waals surface area contributed by atoms with Gasteiger partial charge < -0.3 is 11.1 Å². The first-order chi connectivity index (χ1) is 8.96. The summed E-state index contributed by atoms with van der Waals surface area (Å²) < 4.78 is 0. The molecule has 0 saturated carbocycles. The molecule has 2 rings (SSSR count). The second kappa shape index (κ2) is 5.87. The Morgan fingerprint density at radius 1 is 1.26 bits per heavy atom. The third-order valence-electron chi connectivity index (χ3n) is 3.53. The molecule has 4 heteroatoms. The van der Waals surface area contributed by atoms with Gasteiger partial charge in [0.2, 0.25) is 0 Å². The molecule has 1 unspecified atom stereocenters. The van der Waals surface area contributed by atoms with Gasteiger partial charge in [0, 0.05) is 23.8 Å². The number of aromatic nitrogens is 2. The highest BCUT2D eigenvalue weighted by Gasteiger charge is 2.18. The Labute approximate surface area is 116 Å². The van der Waals surface area contributed by atoms with Crippen molar-refractivity contribution >= 4 is 5.82 Å². The van der Waals surface area contributed by atoms with Crippen LogP contribution in [0.4, 0.5) is 5.82 Å². The monoisotopic (exact) mass is 262 g/mol. The van der Waals surface area contributed by atoms with Gasteiger partial charge in [0.1, 0.15) is 12.1 Å². The first-order valence-electron chi connectivity index (χ1n) is 7.28. The van der Waals surface area contributed by atoms with E-state index in [2.05, 4.69) is 36.1 Å². The average molecular weight is 262 g/mol. The molecule has 19 heavy (non-hydrogen) atoms. The van der Waals surface area contributed by atoms with Crippen LogP contribution in [-0.4, -0.2) is 22.6 Å². The number of rotatable bonds is 4. The van der Waals surface area contributed by atoms with Gasteiger partial charge >= 0.3 is 0 Å². The first kappa shape index (κ1) is 14.3. The van der Waals surface area contributed by atoms with Crippen molar-refractivity contribution in [1.29, 1.82) is 0 Å². The fourth-order valence-electron chi connectivity index (χ4n) is 2.76. The van der Waals surface area contributed by atoms with Gasteiger partial charge in [-0.25, -0.2) is 9.97 Å². The Morgan fingerprint density at radius 3 is 2.74 bits per heavy atom. The van der Waals surface area contributed by atoms with Crippen molar-refractivity contribution in [3.63, 3.8) is 0 Å². The van der Waals surface area contributed by atoms with E-state index in [1.165, 1.54) is 24.1 Å². The molecular formula is C15H26N4. The van der Waals surface area contributed by atoms with Gasteiger partial charge in [-0.05, 0) is 37.5 Å². The van der Waals surface area contributed by atoms with Gasteiger partial charge in [-0.15, -0.1) is 0 Å². The zero-order valence-corrected chi connectivity index (χ0v) is 12.4. The fraction of sp³-hybridized carbons (Fsp3) is 0.733. The number of anilines is 1. The number of nitrogens with one attached hydrogen (secondary N) is 1. The van der Waals surface area contributed by atoms with Gasteiger partial charge in [0.05, 0.1) is 0 Å². The van der Waals surface area contributed by atoms with Gasteiger partial charge in [0.15, 0.2) is 0 Å². The van der Waals surface area contributed by atoms with Crippen molar-refractivity contribution < 1.29 is 0 Å². The molecule has 1 aliphatic carbocycles. The van der Waals surface area contributed by atoms with Crippen LogP contribution in [0.1, 0.15) is 51.3 Å². The molecule has 1 aromatic heterocycles. The summed E-state index contributed by atoms with van der Waals surface area (Å²) in [6.07, 6.45) is 7.33. The summed E-state index contributed by atoms with van der Waals surface area (Å²) >= 11 is 0. The summed E-state index contributed by atoms with van der Waals surface area (Å²) in [7, 11) is 0. The summed E-state index contributed by atoms with van der Waals surface area (Å²) in [5.74, 6) is 0.994. The van der Waals surface area contributed by atoms with E-state index in [-0.39, 0.29) is 11.5 Å². The molecule has 0 spiro atoms. The summed E-state index contributed by atoms with van der Waals surface area (Å²) in [5, 5.41) is 3.42. The molecule has 1 aliphatic rings. The minimum atomic E-state index is 0.161. The highest BCUT2D eigenvalue weighted by molar-refractivity contribution is 5.47. The summed E-state index contributed by atoms with van der Waals surface area (Å²) in [4.78, 5) is 8.77. The van der Waals surface area contributed by atoms with Crippen molar-refractivity contribution in [1.82, 2.24) is 9.97 Å². The summed E-state index contributed by atoms with van der Waals surface area (Å²) in [6.45, 7) is 7.44. The standard InChI is InChI=1S/C15H26N4/c1-15(2,3)8-11(16)9-17-14-12-6-4-5-7-13(12)18-10-19-14/h10-11H,4-9,16H2,1-3H3,(H,17,18,19). The summed E-state index contributed by atoms with van der Waals surface area (Å²) in [6, 6.07) is 0.161. The van der Waals surface area contributed by atoms with Crippen LogP contribution >= 0.6 is 0 Å². The number of aryl methyl sites for hydroxylation is 1. The van der Waals surface area contributed by atoms with E-state index in [1.807, 2.05) is 0 Å².